The van der Waals surface area contributed by atoms with Gasteiger partial charge < -0.3 is 5.32 Å². The maximum absolute atomic E-state index is 12.4. The first-order valence-corrected chi connectivity index (χ1v) is 7.98. The zero-order chi connectivity index (χ0) is 16.2. The van der Waals surface area contributed by atoms with Crippen LogP contribution in [0, 0.1) is 0 Å². The molecule has 2 rings (SSSR count). The fraction of sp³-hybridized carbons (Fsp3) is 0.200. The Morgan fingerprint density at radius 2 is 1.50 bits per heavy atom. The monoisotopic (exact) mass is 329 g/mol. The molecule has 0 aliphatic carbocycles. The molecular weight excluding hydrogens is 315 g/mol. The largest absolute Gasteiger partial charge is 0.501 e. The molecule has 2 aromatic carbocycles. The molecule has 118 valence electrons. The molecule has 2 aromatic rings. The van der Waals surface area contributed by atoms with E-state index in [-0.39, 0.29) is 0 Å². The van der Waals surface area contributed by atoms with E-state index in [2.05, 4.69) is 5.32 Å². The smallest absolute Gasteiger partial charge is 0.385 e. The first-order chi connectivity index (χ1) is 10.3. The van der Waals surface area contributed by atoms with Crippen LogP contribution in [0.15, 0.2) is 59.5 Å². The summed E-state index contributed by atoms with van der Waals surface area (Å²) in [6.45, 7) is 0.593. The average Bonchev–Trinajstić information content (AvgIpc) is 2.48. The Labute approximate surface area is 126 Å². The zero-order valence-electron chi connectivity index (χ0n) is 11.5. The highest BCUT2D eigenvalue weighted by Gasteiger charge is 2.46. The Morgan fingerprint density at radius 1 is 0.909 bits per heavy atom. The summed E-state index contributed by atoms with van der Waals surface area (Å²) < 4.78 is 59.7. The van der Waals surface area contributed by atoms with Gasteiger partial charge in [0, 0.05) is 12.2 Å². The molecule has 0 spiro atoms. The van der Waals surface area contributed by atoms with Crippen molar-refractivity contribution in [3.8, 4) is 0 Å². The molecule has 0 fully saturated rings. The van der Waals surface area contributed by atoms with Crippen LogP contribution in [0.25, 0.3) is 0 Å². The standard InChI is InChI=1S/C15H14F3NO2S/c16-15(17,18)22(20,21)14-8-6-13(7-9-14)19-11-10-12-4-2-1-3-5-12/h1-9,19H,10-11H2. The second-order valence-corrected chi connectivity index (χ2v) is 6.58. The fourth-order valence-electron chi connectivity index (χ4n) is 1.88. The Bertz CT molecular complexity index is 711. The summed E-state index contributed by atoms with van der Waals surface area (Å²) in [7, 11) is -5.28. The van der Waals surface area contributed by atoms with E-state index >= 15 is 0 Å². The number of rotatable bonds is 5. The first kappa shape index (κ1) is 16.4. The molecule has 0 heterocycles. The van der Waals surface area contributed by atoms with Gasteiger partial charge in [0.25, 0.3) is 9.84 Å². The zero-order valence-corrected chi connectivity index (χ0v) is 12.3. The van der Waals surface area contributed by atoms with Crippen molar-refractivity contribution in [3.05, 3.63) is 60.2 Å². The molecule has 0 aliphatic heterocycles. The third kappa shape index (κ3) is 3.79. The Balaban J connectivity index is 1.98. The highest BCUT2D eigenvalue weighted by Crippen LogP contribution is 2.30. The van der Waals surface area contributed by atoms with Gasteiger partial charge in [0.15, 0.2) is 0 Å². The number of nitrogens with one attached hydrogen (secondary N) is 1. The third-order valence-corrected chi connectivity index (χ3v) is 4.56. The highest BCUT2D eigenvalue weighted by molar-refractivity contribution is 7.92. The lowest BCUT2D eigenvalue weighted by molar-refractivity contribution is -0.0436. The van der Waals surface area contributed by atoms with E-state index in [9.17, 15) is 21.6 Å². The van der Waals surface area contributed by atoms with Gasteiger partial charge in [-0.25, -0.2) is 8.42 Å². The number of anilines is 1. The van der Waals surface area contributed by atoms with Gasteiger partial charge >= 0.3 is 5.51 Å². The molecule has 0 radical (unpaired) electrons. The van der Waals surface area contributed by atoms with Crippen LogP contribution in [0.2, 0.25) is 0 Å². The van der Waals surface area contributed by atoms with Gasteiger partial charge in [0.05, 0.1) is 4.90 Å². The summed E-state index contributed by atoms with van der Waals surface area (Å²) in [5, 5.41) is 3.03. The maximum atomic E-state index is 12.4. The number of hydrogen-bond donors (Lipinski definition) is 1. The summed E-state index contributed by atoms with van der Waals surface area (Å²) in [4.78, 5) is -0.756. The minimum Gasteiger partial charge on any atom is -0.385 e. The lowest BCUT2D eigenvalue weighted by Crippen LogP contribution is -2.23. The number of sulfone groups is 1. The van der Waals surface area contributed by atoms with Gasteiger partial charge in [-0.3, -0.25) is 0 Å². The number of benzene rings is 2. The van der Waals surface area contributed by atoms with Gasteiger partial charge in [-0.05, 0) is 36.2 Å². The van der Waals surface area contributed by atoms with Crippen molar-refractivity contribution in [2.75, 3.05) is 11.9 Å². The molecule has 0 atom stereocenters. The molecule has 0 aliphatic rings. The molecule has 0 amide bonds. The molecule has 0 unspecified atom stereocenters. The van der Waals surface area contributed by atoms with E-state index in [0.29, 0.717) is 12.2 Å². The van der Waals surface area contributed by atoms with Crippen LogP contribution < -0.4 is 5.32 Å². The van der Waals surface area contributed by atoms with Crippen molar-refractivity contribution in [1.29, 1.82) is 0 Å². The number of halogens is 3. The Kier molecular flexibility index (Phi) is 4.75. The van der Waals surface area contributed by atoms with Crippen LogP contribution in [-0.4, -0.2) is 20.5 Å². The third-order valence-electron chi connectivity index (χ3n) is 3.05. The maximum Gasteiger partial charge on any atom is 0.501 e. The Hall–Kier alpha value is -2.02. The lowest BCUT2D eigenvalue weighted by atomic mass is 10.1. The van der Waals surface area contributed by atoms with Gasteiger partial charge in [0.2, 0.25) is 0 Å². The SMILES string of the molecule is O=S(=O)(c1ccc(NCCc2ccccc2)cc1)C(F)(F)F. The normalized spacial score (nSPS) is 12.1. The quantitative estimate of drug-likeness (QED) is 0.911. The molecule has 7 heteroatoms. The molecule has 0 saturated carbocycles. The van der Waals surface area contributed by atoms with Crippen molar-refractivity contribution >= 4 is 15.5 Å². The van der Waals surface area contributed by atoms with Crippen LogP contribution in [0.1, 0.15) is 5.56 Å². The molecule has 0 aromatic heterocycles. The highest BCUT2D eigenvalue weighted by atomic mass is 32.2. The van der Waals surface area contributed by atoms with Crippen LogP contribution in [0.3, 0.4) is 0 Å². The van der Waals surface area contributed by atoms with Crippen molar-refractivity contribution < 1.29 is 21.6 Å². The first-order valence-electron chi connectivity index (χ1n) is 6.50. The second kappa shape index (κ2) is 6.39. The fourth-order valence-corrected chi connectivity index (χ4v) is 2.64. The van der Waals surface area contributed by atoms with Gasteiger partial charge in [-0.1, -0.05) is 30.3 Å². The van der Waals surface area contributed by atoms with E-state index in [1.807, 2.05) is 30.3 Å². The molecule has 3 nitrogen and oxygen atoms in total. The van der Waals surface area contributed by atoms with E-state index in [1.165, 1.54) is 12.1 Å². The van der Waals surface area contributed by atoms with Crippen molar-refractivity contribution in [2.24, 2.45) is 0 Å². The van der Waals surface area contributed by atoms with Crippen molar-refractivity contribution in [2.45, 2.75) is 16.8 Å². The van der Waals surface area contributed by atoms with Gasteiger partial charge in [-0.15, -0.1) is 0 Å². The van der Waals surface area contributed by atoms with Crippen LogP contribution in [-0.2, 0) is 16.3 Å². The molecular formula is C15H14F3NO2S. The van der Waals surface area contributed by atoms with E-state index in [0.717, 1.165) is 24.1 Å². The molecule has 0 saturated heterocycles. The predicted octanol–water partition coefficient (Wildman–Crippen LogP) is 3.63. The van der Waals surface area contributed by atoms with Crippen LogP contribution >= 0.6 is 0 Å². The van der Waals surface area contributed by atoms with E-state index in [1.54, 1.807) is 0 Å². The van der Waals surface area contributed by atoms with Crippen molar-refractivity contribution in [3.63, 3.8) is 0 Å². The van der Waals surface area contributed by atoms with Gasteiger partial charge in [0.1, 0.15) is 0 Å². The summed E-state index contributed by atoms with van der Waals surface area (Å²) >= 11 is 0. The minimum absolute atomic E-state index is 0.567. The summed E-state index contributed by atoms with van der Waals surface area (Å²) in [5.41, 5.74) is -3.58. The summed E-state index contributed by atoms with van der Waals surface area (Å²) in [6.07, 6.45) is 0.753. The Morgan fingerprint density at radius 3 is 2.05 bits per heavy atom. The molecule has 1 N–H and O–H groups in total. The molecule has 22 heavy (non-hydrogen) atoms. The number of alkyl halides is 3. The van der Waals surface area contributed by atoms with E-state index < -0.39 is 20.2 Å². The topological polar surface area (TPSA) is 46.2 Å². The van der Waals surface area contributed by atoms with Crippen LogP contribution in [0.4, 0.5) is 18.9 Å². The van der Waals surface area contributed by atoms with Crippen LogP contribution in [0.5, 0.6) is 0 Å². The second-order valence-electron chi connectivity index (χ2n) is 4.64. The van der Waals surface area contributed by atoms with E-state index in [4.69, 9.17) is 0 Å². The molecule has 0 bridgehead atoms. The summed E-state index contributed by atoms with van der Waals surface area (Å²) in [6, 6.07) is 14.3. The summed E-state index contributed by atoms with van der Waals surface area (Å²) in [5.74, 6) is 0. The average molecular weight is 329 g/mol. The predicted molar refractivity (Wildman–Crippen MR) is 78.3 cm³/mol. The van der Waals surface area contributed by atoms with Gasteiger partial charge in [-0.2, -0.15) is 13.2 Å². The number of hydrogen-bond acceptors (Lipinski definition) is 3. The lowest BCUT2D eigenvalue weighted by Gasteiger charge is -2.10. The minimum atomic E-state index is -5.28. The van der Waals surface area contributed by atoms with Crippen molar-refractivity contribution in [1.82, 2.24) is 0 Å².